The van der Waals surface area contributed by atoms with Crippen LogP contribution in [-0.2, 0) is 13.0 Å². The minimum Gasteiger partial charge on any atom is -0.313 e. The van der Waals surface area contributed by atoms with Crippen LogP contribution < -0.4 is 16.1 Å². The van der Waals surface area contributed by atoms with Gasteiger partial charge in [0.1, 0.15) is 5.56 Å². The molecule has 3 aromatic rings. The van der Waals surface area contributed by atoms with Crippen molar-refractivity contribution in [2.75, 3.05) is 11.4 Å². The first-order valence-electron chi connectivity index (χ1n) is 9.43. The molecular weight excluding hydrogens is 390 g/mol. The fourth-order valence-electron chi connectivity index (χ4n) is 3.69. The molecule has 29 heavy (non-hydrogen) atoms. The highest BCUT2D eigenvalue weighted by Crippen LogP contribution is 2.28. The van der Waals surface area contributed by atoms with Crippen molar-refractivity contribution < 1.29 is 4.79 Å². The third-order valence-electron chi connectivity index (χ3n) is 5.18. The van der Waals surface area contributed by atoms with E-state index in [2.05, 4.69) is 11.1 Å². The molecule has 0 unspecified atom stereocenters. The van der Waals surface area contributed by atoms with E-state index in [4.69, 9.17) is 11.6 Å². The van der Waals surface area contributed by atoms with Gasteiger partial charge < -0.3 is 9.88 Å². The summed E-state index contributed by atoms with van der Waals surface area (Å²) in [5, 5.41) is 0.454. The molecule has 0 spiro atoms. The maximum atomic E-state index is 13.2. The van der Waals surface area contributed by atoms with Gasteiger partial charge in [0.25, 0.3) is 11.5 Å². The Morgan fingerprint density at radius 2 is 1.97 bits per heavy atom. The van der Waals surface area contributed by atoms with Crippen molar-refractivity contribution in [1.29, 1.82) is 0 Å². The monoisotopic (exact) mass is 409 g/mol. The summed E-state index contributed by atoms with van der Waals surface area (Å²) in [5.74, 6) is -0.413. The second kappa shape index (κ2) is 7.72. The van der Waals surface area contributed by atoms with E-state index in [0.29, 0.717) is 17.1 Å². The van der Waals surface area contributed by atoms with Gasteiger partial charge in [-0.2, -0.15) is 0 Å². The number of nitrogens with one attached hydrogen (secondary N) is 1. The number of rotatable bonds is 3. The second-order valence-corrected chi connectivity index (χ2v) is 7.59. The van der Waals surface area contributed by atoms with E-state index in [9.17, 15) is 14.4 Å². The van der Waals surface area contributed by atoms with E-state index >= 15 is 0 Å². The molecular formula is C22H20ClN3O3. The van der Waals surface area contributed by atoms with Crippen molar-refractivity contribution in [2.45, 2.75) is 26.3 Å². The summed E-state index contributed by atoms with van der Waals surface area (Å²) in [5.41, 5.74) is 2.39. The van der Waals surface area contributed by atoms with Crippen molar-refractivity contribution in [3.05, 3.63) is 96.8 Å². The van der Waals surface area contributed by atoms with E-state index in [1.54, 1.807) is 29.2 Å². The van der Waals surface area contributed by atoms with Crippen molar-refractivity contribution >= 4 is 23.2 Å². The molecule has 0 aliphatic carbocycles. The topological polar surface area (TPSA) is 75.2 Å². The Morgan fingerprint density at radius 1 is 1.17 bits per heavy atom. The Balaban J connectivity index is 1.74. The molecule has 6 nitrogen and oxygen atoms in total. The lowest BCUT2D eigenvalue weighted by atomic mass is 9.99. The molecule has 0 radical (unpaired) electrons. The fraction of sp³-hybridized carbons (Fsp3) is 0.227. The number of fused-ring (bicyclic) bond motifs is 1. The minimum absolute atomic E-state index is 0.00918. The quantitative estimate of drug-likeness (QED) is 0.722. The Labute approximate surface area is 172 Å². The molecule has 1 aliphatic rings. The van der Waals surface area contributed by atoms with Gasteiger partial charge in [-0.25, -0.2) is 4.79 Å². The van der Waals surface area contributed by atoms with Crippen LogP contribution in [0.5, 0.6) is 0 Å². The number of carbonyl (C=O) groups excluding carboxylic acids is 1. The van der Waals surface area contributed by atoms with Crippen molar-refractivity contribution in [1.82, 2.24) is 9.55 Å². The molecule has 0 fully saturated rings. The molecule has 7 heteroatoms. The summed E-state index contributed by atoms with van der Waals surface area (Å²) in [7, 11) is 0. The largest absolute Gasteiger partial charge is 0.328 e. The van der Waals surface area contributed by atoms with E-state index in [1.165, 1.54) is 6.20 Å². The maximum absolute atomic E-state index is 13.2. The molecule has 0 bridgehead atoms. The van der Waals surface area contributed by atoms with Crippen LogP contribution in [0, 0.1) is 6.92 Å². The molecule has 0 saturated carbocycles. The lowest BCUT2D eigenvalue weighted by Gasteiger charge is -2.29. The van der Waals surface area contributed by atoms with Crippen LogP contribution in [0.15, 0.2) is 58.3 Å². The lowest BCUT2D eigenvalue weighted by molar-refractivity contribution is 0.0982. The number of benzene rings is 2. The number of anilines is 1. The second-order valence-electron chi connectivity index (χ2n) is 7.18. The lowest BCUT2D eigenvalue weighted by Crippen LogP contribution is -2.43. The van der Waals surface area contributed by atoms with Gasteiger partial charge in [-0.15, -0.1) is 0 Å². The molecule has 1 aromatic heterocycles. The third-order valence-corrected chi connectivity index (χ3v) is 5.54. The summed E-state index contributed by atoms with van der Waals surface area (Å²) >= 11 is 6.17. The number of carbonyl (C=O) groups is 1. The molecule has 4 rings (SSSR count). The van der Waals surface area contributed by atoms with E-state index in [0.717, 1.165) is 34.2 Å². The zero-order valence-electron chi connectivity index (χ0n) is 15.9. The first-order chi connectivity index (χ1) is 14.0. The van der Waals surface area contributed by atoms with Gasteiger partial charge in [0.15, 0.2) is 0 Å². The van der Waals surface area contributed by atoms with E-state index < -0.39 is 17.2 Å². The average Bonchev–Trinajstić information content (AvgIpc) is 2.71. The average molecular weight is 410 g/mol. The zero-order chi connectivity index (χ0) is 20.5. The summed E-state index contributed by atoms with van der Waals surface area (Å²) in [4.78, 5) is 42.6. The number of hydrogen-bond donors (Lipinski definition) is 1. The van der Waals surface area contributed by atoms with Gasteiger partial charge in [-0.3, -0.25) is 14.2 Å². The molecule has 1 aliphatic heterocycles. The van der Waals surface area contributed by atoms with Crippen LogP contribution in [0.25, 0.3) is 0 Å². The summed E-state index contributed by atoms with van der Waals surface area (Å²) in [6.07, 6.45) is 2.92. The normalized spacial score (nSPS) is 13.2. The highest BCUT2D eigenvalue weighted by molar-refractivity contribution is 6.31. The number of nitrogens with zero attached hydrogens (tertiary/aromatic N) is 2. The Morgan fingerprint density at radius 3 is 2.76 bits per heavy atom. The Hall–Kier alpha value is -3.12. The Bertz CT molecular complexity index is 1210. The standard InChI is InChI=1S/C22H20ClN3O3/c1-14-8-9-19-15(11-14)6-4-10-25(19)20(27)17-12-24-22(29)26(21(17)28)13-16-5-2-3-7-18(16)23/h2-3,5,7-9,11-12H,4,6,10,13H2,1H3,(H,24,29). The first-order valence-corrected chi connectivity index (χ1v) is 9.81. The predicted molar refractivity (Wildman–Crippen MR) is 113 cm³/mol. The SMILES string of the molecule is Cc1ccc2c(c1)CCCN2C(=O)c1c[nH]c(=O)n(Cc2ccccc2Cl)c1=O. The van der Waals surface area contributed by atoms with Crippen LogP contribution in [-0.4, -0.2) is 22.0 Å². The summed E-state index contributed by atoms with van der Waals surface area (Å²) < 4.78 is 1.01. The maximum Gasteiger partial charge on any atom is 0.328 e. The number of amides is 1. The predicted octanol–water partition coefficient (Wildman–Crippen LogP) is 3.14. The van der Waals surface area contributed by atoms with Gasteiger partial charge in [-0.1, -0.05) is 47.5 Å². The van der Waals surface area contributed by atoms with E-state index in [-0.39, 0.29) is 12.1 Å². The van der Waals surface area contributed by atoms with Crippen LogP contribution in [0.2, 0.25) is 5.02 Å². The summed E-state index contributed by atoms with van der Waals surface area (Å²) in [6.45, 7) is 2.53. The molecule has 2 aromatic carbocycles. The molecule has 1 N–H and O–H groups in total. The Kier molecular flexibility index (Phi) is 5.11. The van der Waals surface area contributed by atoms with Gasteiger partial charge in [-0.05, 0) is 43.0 Å². The van der Waals surface area contributed by atoms with Crippen LogP contribution >= 0.6 is 11.6 Å². The fourth-order valence-corrected chi connectivity index (χ4v) is 3.88. The van der Waals surface area contributed by atoms with Crippen molar-refractivity contribution in [2.24, 2.45) is 0 Å². The molecule has 1 amide bonds. The molecule has 148 valence electrons. The zero-order valence-corrected chi connectivity index (χ0v) is 16.7. The van der Waals surface area contributed by atoms with E-state index in [1.807, 2.05) is 19.1 Å². The minimum atomic E-state index is -0.627. The molecule has 2 heterocycles. The number of aromatic nitrogens is 2. The molecule has 0 saturated heterocycles. The van der Waals surface area contributed by atoms with Gasteiger partial charge in [0.05, 0.1) is 6.54 Å². The van der Waals surface area contributed by atoms with Gasteiger partial charge in [0.2, 0.25) is 0 Å². The van der Waals surface area contributed by atoms with Crippen LogP contribution in [0.3, 0.4) is 0 Å². The number of H-pyrrole nitrogens is 1. The van der Waals surface area contributed by atoms with Crippen LogP contribution in [0.1, 0.15) is 33.5 Å². The van der Waals surface area contributed by atoms with Crippen LogP contribution in [0.4, 0.5) is 5.69 Å². The summed E-state index contributed by atoms with van der Waals surface area (Å²) in [6, 6.07) is 12.9. The number of hydrogen-bond acceptors (Lipinski definition) is 3. The highest BCUT2D eigenvalue weighted by atomic mass is 35.5. The first kappa shape index (κ1) is 19.2. The van der Waals surface area contributed by atoms with Crippen molar-refractivity contribution in [3.8, 4) is 0 Å². The smallest absolute Gasteiger partial charge is 0.313 e. The van der Waals surface area contributed by atoms with Gasteiger partial charge >= 0.3 is 5.69 Å². The number of aromatic amines is 1. The number of aryl methyl sites for hydroxylation is 2. The van der Waals surface area contributed by atoms with Crippen molar-refractivity contribution in [3.63, 3.8) is 0 Å². The molecule has 0 atom stereocenters. The highest BCUT2D eigenvalue weighted by Gasteiger charge is 2.26. The number of halogens is 1. The van der Waals surface area contributed by atoms with Gasteiger partial charge in [0, 0.05) is 23.5 Å². The third kappa shape index (κ3) is 3.63.